The van der Waals surface area contributed by atoms with Crippen LogP contribution in [0.15, 0.2) is 34.7 Å². The van der Waals surface area contributed by atoms with E-state index in [1.807, 2.05) is 30.3 Å². The molecule has 2 aromatic rings. The lowest BCUT2D eigenvalue weighted by Crippen LogP contribution is -2.39. The zero-order valence-electron chi connectivity index (χ0n) is 14.2. The van der Waals surface area contributed by atoms with E-state index in [0.717, 1.165) is 31.7 Å². The molecule has 1 aromatic carbocycles. The van der Waals surface area contributed by atoms with Crippen molar-refractivity contribution in [3.63, 3.8) is 0 Å². The summed E-state index contributed by atoms with van der Waals surface area (Å²) < 4.78 is 5.80. The van der Waals surface area contributed by atoms with Crippen molar-refractivity contribution in [2.24, 2.45) is 5.92 Å². The molecule has 0 radical (unpaired) electrons. The van der Waals surface area contributed by atoms with Gasteiger partial charge in [-0.15, -0.1) is 10.2 Å². The van der Waals surface area contributed by atoms with E-state index in [0.29, 0.717) is 17.7 Å². The number of hydrogen-bond acceptors (Lipinski definition) is 6. The molecule has 6 nitrogen and oxygen atoms in total. The predicted molar refractivity (Wildman–Crippen MR) is 92.4 cm³/mol. The Hall–Kier alpha value is -1.76. The maximum absolute atomic E-state index is 8.99. The quantitative estimate of drug-likeness (QED) is 0.810. The lowest BCUT2D eigenvalue weighted by molar-refractivity contribution is 0.145. The van der Waals surface area contributed by atoms with E-state index in [-0.39, 0.29) is 12.6 Å². The maximum atomic E-state index is 8.99. The van der Waals surface area contributed by atoms with Crippen LogP contribution in [-0.2, 0) is 0 Å². The predicted octanol–water partition coefficient (Wildman–Crippen LogP) is 2.09. The smallest absolute Gasteiger partial charge is 0.247 e. The van der Waals surface area contributed by atoms with Gasteiger partial charge in [0.1, 0.15) is 0 Å². The van der Waals surface area contributed by atoms with Crippen LogP contribution in [0.1, 0.15) is 31.7 Å². The molecule has 2 N–H and O–H groups in total. The molecular weight excluding hydrogens is 304 g/mol. The minimum absolute atomic E-state index is 0.0467. The van der Waals surface area contributed by atoms with E-state index >= 15 is 0 Å². The molecule has 24 heavy (non-hydrogen) atoms. The molecule has 130 valence electrons. The number of aromatic nitrogens is 2. The number of nitrogens with zero attached hydrogens (tertiary/aromatic N) is 3. The van der Waals surface area contributed by atoms with Gasteiger partial charge in [-0.25, -0.2) is 0 Å². The average molecular weight is 330 g/mol. The second kappa shape index (κ2) is 8.37. The highest BCUT2D eigenvalue weighted by molar-refractivity contribution is 5.51. The van der Waals surface area contributed by atoms with Crippen LogP contribution in [0, 0.1) is 5.92 Å². The number of rotatable bonds is 7. The monoisotopic (exact) mass is 330 g/mol. The second-order valence-corrected chi connectivity index (χ2v) is 6.45. The molecule has 1 unspecified atom stereocenters. The van der Waals surface area contributed by atoms with Gasteiger partial charge >= 0.3 is 0 Å². The minimum atomic E-state index is 0.0467. The van der Waals surface area contributed by atoms with E-state index in [1.54, 1.807) is 0 Å². The van der Waals surface area contributed by atoms with Gasteiger partial charge < -0.3 is 19.7 Å². The molecule has 1 aromatic heterocycles. The summed E-state index contributed by atoms with van der Waals surface area (Å²) in [6.45, 7) is 6.20. The zero-order valence-corrected chi connectivity index (χ0v) is 14.2. The molecule has 0 aliphatic carbocycles. The van der Waals surface area contributed by atoms with E-state index in [9.17, 15) is 0 Å². The van der Waals surface area contributed by atoms with Gasteiger partial charge in [-0.3, -0.25) is 0 Å². The Balaban J connectivity index is 1.48. The zero-order chi connectivity index (χ0) is 16.8. The van der Waals surface area contributed by atoms with Gasteiger partial charge in [0.25, 0.3) is 0 Å². The molecule has 0 spiro atoms. The van der Waals surface area contributed by atoms with Crippen LogP contribution in [0.5, 0.6) is 0 Å². The van der Waals surface area contributed by atoms with Gasteiger partial charge in [-0.1, -0.05) is 18.2 Å². The van der Waals surface area contributed by atoms with Gasteiger partial charge in [-0.2, -0.15) is 0 Å². The molecule has 2 heterocycles. The SMILES string of the molecule is CC(NCC1CCN(CCO)CC1)c1nnc(-c2ccccc2)o1. The second-order valence-electron chi connectivity index (χ2n) is 6.45. The summed E-state index contributed by atoms with van der Waals surface area (Å²) in [5.74, 6) is 1.86. The topological polar surface area (TPSA) is 74.4 Å². The molecule has 1 aliphatic rings. The minimum Gasteiger partial charge on any atom is -0.419 e. The van der Waals surface area contributed by atoms with E-state index in [4.69, 9.17) is 9.52 Å². The third-order valence-electron chi connectivity index (χ3n) is 4.67. The molecular formula is C18H26N4O2. The molecule has 0 bridgehead atoms. The first-order chi connectivity index (χ1) is 11.8. The molecule has 1 fully saturated rings. The highest BCUT2D eigenvalue weighted by Crippen LogP contribution is 2.21. The van der Waals surface area contributed by atoms with Gasteiger partial charge in [0.2, 0.25) is 11.8 Å². The summed E-state index contributed by atoms with van der Waals surface area (Å²) >= 11 is 0. The van der Waals surface area contributed by atoms with Crippen molar-refractivity contribution in [2.75, 3.05) is 32.8 Å². The Bertz CT molecular complexity index is 608. The van der Waals surface area contributed by atoms with Crippen LogP contribution in [0.2, 0.25) is 0 Å². The van der Waals surface area contributed by atoms with E-state index in [1.165, 1.54) is 12.8 Å². The third-order valence-corrected chi connectivity index (χ3v) is 4.67. The number of aliphatic hydroxyl groups excluding tert-OH is 1. The molecule has 6 heteroatoms. The Morgan fingerprint density at radius 2 is 2.00 bits per heavy atom. The van der Waals surface area contributed by atoms with Crippen molar-refractivity contribution < 1.29 is 9.52 Å². The summed E-state index contributed by atoms with van der Waals surface area (Å²) in [5, 5.41) is 20.8. The van der Waals surface area contributed by atoms with E-state index in [2.05, 4.69) is 27.3 Å². The molecule has 0 amide bonds. The molecule has 1 aliphatic heterocycles. The standard InChI is InChI=1S/C18H26N4O2/c1-14(19-13-15-7-9-22(10-8-15)11-12-23)17-20-21-18(24-17)16-5-3-2-4-6-16/h2-6,14-15,19,23H,7-13H2,1H3. The molecule has 0 saturated carbocycles. The summed E-state index contributed by atoms with van der Waals surface area (Å²) in [6, 6.07) is 9.88. The van der Waals surface area contributed by atoms with Gasteiger partial charge in [0.05, 0.1) is 12.6 Å². The Morgan fingerprint density at radius 3 is 2.71 bits per heavy atom. The van der Waals surface area contributed by atoms with Crippen molar-refractivity contribution in [3.05, 3.63) is 36.2 Å². The third kappa shape index (κ3) is 4.41. The van der Waals surface area contributed by atoms with Gasteiger partial charge in [-0.05, 0) is 57.5 Å². The normalized spacial score (nSPS) is 17.9. The highest BCUT2D eigenvalue weighted by Gasteiger charge is 2.21. The first-order valence-corrected chi connectivity index (χ1v) is 8.71. The number of hydrogen-bond donors (Lipinski definition) is 2. The van der Waals surface area contributed by atoms with Gasteiger partial charge in [0.15, 0.2) is 0 Å². The first kappa shape index (κ1) is 17.1. The Kier molecular flexibility index (Phi) is 5.96. The number of piperidine rings is 1. The number of β-amino-alcohol motifs (C(OH)–C–C–N with tert-alkyl or cyclic N) is 1. The van der Waals surface area contributed by atoms with Crippen LogP contribution in [-0.4, -0.2) is 53.0 Å². The van der Waals surface area contributed by atoms with Crippen LogP contribution in [0.4, 0.5) is 0 Å². The fourth-order valence-electron chi connectivity index (χ4n) is 3.09. The average Bonchev–Trinajstić information content (AvgIpc) is 3.12. The van der Waals surface area contributed by atoms with Crippen molar-refractivity contribution in [1.82, 2.24) is 20.4 Å². The van der Waals surface area contributed by atoms with Crippen LogP contribution in [0.25, 0.3) is 11.5 Å². The molecule has 1 saturated heterocycles. The fraction of sp³-hybridized carbons (Fsp3) is 0.556. The van der Waals surface area contributed by atoms with E-state index < -0.39 is 0 Å². The van der Waals surface area contributed by atoms with Gasteiger partial charge in [0, 0.05) is 12.1 Å². The lowest BCUT2D eigenvalue weighted by atomic mass is 9.96. The van der Waals surface area contributed by atoms with Crippen LogP contribution >= 0.6 is 0 Å². The summed E-state index contributed by atoms with van der Waals surface area (Å²) in [5.41, 5.74) is 0.944. The number of aliphatic hydroxyl groups is 1. The lowest BCUT2D eigenvalue weighted by Gasteiger charge is -2.31. The maximum Gasteiger partial charge on any atom is 0.247 e. The summed E-state index contributed by atoms with van der Waals surface area (Å²) in [7, 11) is 0. The first-order valence-electron chi connectivity index (χ1n) is 8.71. The highest BCUT2D eigenvalue weighted by atomic mass is 16.4. The van der Waals surface area contributed by atoms with Crippen molar-refractivity contribution in [2.45, 2.75) is 25.8 Å². The summed E-state index contributed by atoms with van der Waals surface area (Å²) in [4.78, 5) is 2.32. The Morgan fingerprint density at radius 1 is 1.25 bits per heavy atom. The Labute approximate surface area is 142 Å². The number of likely N-dealkylation sites (tertiary alicyclic amines) is 1. The molecule has 3 rings (SSSR count). The largest absolute Gasteiger partial charge is 0.419 e. The molecule has 1 atom stereocenters. The van der Waals surface area contributed by atoms with Crippen LogP contribution in [0.3, 0.4) is 0 Å². The van der Waals surface area contributed by atoms with Crippen LogP contribution < -0.4 is 5.32 Å². The fourth-order valence-corrected chi connectivity index (χ4v) is 3.09. The number of nitrogens with one attached hydrogen (secondary N) is 1. The van der Waals surface area contributed by atoms with Crippen molar-refractivity contribution in [1.29, 1.82) is 0 Å². The van der Waals surface area contributed by atoms with Crippen molar-refractivity contribution >= 4 is 0 Å². The van der Waals surface area contributed by atoms with Crippen molar-refractivity contribution in [3.8, 4) is 11.5 Å². The number of benzene rings is 1. The summed E-state index contributed by atoms with van der Waals surface area (Å²) in [6.07, 6.45) is 2.33.